The molecule has 22 heavy (non-hydrogen) atoms. The van der Waals surface area contributed by atoms with Gasteiger partial charge in [0.2, 0.25) is 0 Å². The maximum atomic E-state index is 2.46. The molecule has 2 aromatic rings. The van der Waals surface area contributed by atoms with Crippen LogP contribution in [-0.2, 0) is 0 Å². The van der Waals surface area contributed by atoms with Crippen molar-refractivity contribution >= 4 is 27.0 Å². The van der Waals surface area contributed by atoms with E-state index in [2.05, 4.69) is 49.5 Å². The van der Waals surface area contributed by atoms with Gasteiger partial charge in [-0.1, -0.05) is 11.6 Å². The molecule has 2 aliphatic carbocycles. The summed E-state index contributed by atoms with van der Waals surface area (Å²) in [6, 6.07) is 7.18. The fourth-order valence-corrected chi connectivity index (χ4v) is 5.49. The first-order valence-electron chi connectivity index (χ1n) is 8.46. The zero-order chi connectivity index (χ0) is 15.3. The van der Waals surface area contributed by atoms with Gasteiger partial charge in [-0.15, -0.1) is 11.3 Å². The summed E-state index contributed by atoms with van der Waals surface area (Å²) in [5.41, 5.74) is 6.32. The van der Waals surface area contributed by atoms with Crippen LogP contribution < -0.4 is 0 Å². The van der Waals surface area contributed by atoms with Crippen molar-refractivity contribution in [1.82, 2.24) is 4.90 Å². The third-order valence-corrected chi connectivity index (χ3v) is 6.53. The lowest BCUT2D eigenvalue weighted by molar-refractivity contribution is 0.413. The Labute approximate surface area is 137 Å². The van der Waals surface area contributed by atoms with Crippen LogP contribution in [0.5, 0.6) is 0 Å². The Hall–Kier alpha value is -1.12. The molecule has 1 nitrogen and oxygen atoms in total. The molecule has 0 radical (unpaired) electrons. The molecule has 1 fully saturated rings. The van der Waals surface area contributed by atoms with E-state index in [0.29, 0.717) is 0 Å². The lowest BCUT2D eigenvalue weighted by atomic mass is 9.79. The van der Waals surface area contributed by atoms with Crippen LogP contribution in [0.4, 0.5) is 0 Å². The van der Waals surface area contributed by atoms with Crippen molar-refractivity contribution in [2.45, 2.75) is 32.6 Å². The van der Waals surface area contributed by atoms with Crippen LogP contribution in [-0.4, -0.2) is 25.5 Å². The summed E-state index contributed by atoms with van der Waals surface area (Å²) in [5.74, 6) is 1.76. The number of aryl methyl sites for hydroxylation is 1. The average molecular weight is 311 g/mol. The fraction of sp³-hybridized carbons (Fsp3) is 0.500. The maximum Gasteiger partial charge on any atom is 0.0345 e. The van der Waals surface area contributed by atoms with Crippen molar-refractivity contribution in [3.8, 4) is 0 Å². The van der Waals surface area contributed by atoms with Crippen LogP contribution in [0.2, 0.25) is 0 Å². The molecule has 4 rings (SSSR count). The van der Waals surface area contributed by atoms with Crippen molar-refractivity contribution in [3.05, 3.63) is 40.3 Å². The van der Waals surface area contributed by atoms with E-state index in [1.54, 1.807) is 11.1 Å². The van der Waals surface area contributed by atoms with Gasteiger partial charge in [0, 0.05) is 11.2 Å². The number of benzene rings is 1. The molecule has 2 aliphatic rings. The molecule has 1 aromatic heterocycles. The molecule has 0 unspecified atom stereocenters. The topological polar surface area (TPSA) is 3.24 Å². The Morgan fingerprint density at radius 1 is 1.23 bits per heavy atom. The molecule has 1 heterocycles. The van der Waals surface area contributed by atoms with Gasteiger partial charge in [0.15, 0.2) is 0 Å². The molecule has 0 amide bonds. The predicted octanol–water partition coefficient (Wildman–Crippen LogP) is 5.34. The van der Waals surface area contributed by atoms with Gasteiger partial charge in [0.05, 0.1) is 0 Å². The number of nitrogens with zero attached hydrogens (tertiary/aromatic N) is 1. The van der Waals surface area contributed by atoms with E-state index < -0.39 is 0 Å². The summed E-state index contributed by atoms with van der Waals surface area (Å²) in [5, 5.41) is 3.75. The Morgan fingerprint density at radius 3 is 2.91 bits per heavy atom. The van der Waals surface area contributed by atoms with Crippen LogP contribution in [0, 0.1) is 18.8 Å². The number of hydrogen-bond acceptors (Lipinski definition) is 2. The highest BCUT2D eigenvalue weighted by molar-refractivity contribution is 7.17. The van der Waals surface area contributed by atoms with Crippen LogP contribution >= 0.6 is 11.3 Å². The number of likely N-dealkylation sites (N-methyl/N-ethyl adjacent to an activating group) is 1. The van der Waals surface area contributed by atoms with E-state index in [-0.39, 0.29) is 0 Å². The van der Waals surface area contributed by atoms with Crippen LogP contribution in [0.25, 0.3) is 15.7 Å². The lowest BCUT2D eigenvalue weighted by Gasteiger charge is -2.29. The van der Waals surface area contributed by atoms with Crippen molar-refractivity contribution in [3.63, 3.8) is 0 Å². The van der Waals surface area contributed by atoms with E-state index in [1.807, 2.05) is 11.3 Å². The van der Waals surface area contributed by atoms with Crippen LogP contribution in [0.15, 0.2) is 29.2 Å². The van der Waals surface area contributed by atoms with E-state index in [4.69, 9.17) is 0 Å². The summed E-state index contributed by atoms with van der Waals surface area (Å²) in [4.78, 5) is 2.34. The number of fused-ring (bicyclic) bond motifs is 3. The van der Waals surface area contributed by atoms with Gasteiger partial charge in [0.25, 0.3) is 0 Å². The van der Waals surface area contributed by atoms with E-state index in [1.165, 1.54) is 46.9 Å². The number of hydrogen-bond donors (Lipinski definition) is 0. The third kappa shape index (κ3) is 2.43. The van der Waals surface area contributed by atoms with Gasteiger partial charge in [-0.3, -0.25) is 0 Å². The summed E-state index contributed by atoms with van der Waals surface area (Å²) in [6.07, 6.45) is 5.58. The zero-order valence-electron chi connectivity index (χ0n) is 13.9. The second-order valence-electron chi connectivity index (χ2n) is 7.46. The molecule has 0 aliphatic heterocycles. The largest absolute Gasteiger partial charge is 0.305 e. The Kier molecular flexibility index (Phi) is 3.62. The molecule has 116 valence electrons. The Morgan fingerprint density at radius 2 is 2.09 bits per heavy atom. The minimum absolute atomic E-state index is 0.810. The first-order chi connectivity index (χ1) is 10.6. The average Bonchev–Trinajstić information content (AvgIpc) is 3.03. The molecule has 1 saturated carbocycles. The normalized spacial score (nSPS) is 24.7. The third-order valence-electron chi connectivity index (χ3n) is 5.45. The van der Waals surface area contributed by atoms with Gasteiger partial charge in [-0.25, -0.2) is 0 Å². The number of allylic oxidation sites excluding steroid dienone is 1. The van der Waals surface area contributed by atoms with Crippen molar-refractivity contribution in [2.24, 2.45) is 11.8 Å². The summed E-state index contributed by atoms with van der Waals surface area (Å²) in [6.45, 7) is 3.37. The van der Waals surface area contributed by atoms with Gasteiger partial charge < -0.3 is 4.90 Å². The highest BCUT2D eigenvalue weighted by Crippen LogP contribution is 2.49. The van der Waals surface area contributed by atoms with Crippen molar-refractivity contribution < 1.29 is 0 Å². The smallest absolute Gasteiger partial charge is 0.0345 e. The molecular weight excluding hydrogens is 286 g/mol. The molecule has 2 atom stereocenters. The second-order valence-corrected chi connectivity index (χ2v) is 8.38. The SMILES string of the molecule is Cc1csc2ccc(C3=C(CN(C)C)C[C@@H]4CC[C@@H]3C4)cc12. The Bertz CT molecular complexity index is 737. The quantitative estimate of drug-likeness (QED) is 0.739. The standard InChI is InChI=1S/C20H25NS/c1-13-12-22-19-7-6-16(10-18(13)19)20-15-5-4-14(8-15)9-17(20)11-21(2)3/h6-7,10,12,14-15H,4-5,8-9,11H2,1-3H3/t14-,15-/m1/s1. The van der Waals surface area contributed by atoms with Gasteiger partial charge in [-0.2, -0.15) is 0 Å². The predicted molar refractivity (Wildman–Crippen MR) is 97.5 cm³/mol. The molecule has 0 spiro atoms. The molecule has 2 bridgehead atoms. The molecule has 0 N–H and O–H groups in total. The summed E-state index contributed by atoms with van der Waals surface area (Å²) < 4.78 is 1.43. The highest BCUT2D eigenvalue weighted by Gasteiger charge is 2.35. The highest BCUT2D eigenvalue weighted by atomic mass is 32.1. The molecule has 2 heteroatoms. The second kappa shape index (κ2) is 5.50. The zero-order valence-corrected chi connectivity index (χ0v) is 14.7. The summed E-state index contributed by atoms with van der Waals surface area (Å²) in [7, 11) is 4.40. The molecular formula is C20H25NS. The number of rotatable bonds is 3. The number of thiophene rings is 1. The van der Waals surface area contributed by atoms with Crippen molar-refractivity contribution in [1.29, 1.82) is 0 Å². The van der Waals surface area contributed by atoms with E-state index in [9.17, 15) is 0 Å². The van der Waals surface area contributed by atoms with Gasteiger partial charge in [0.1, 0.15) is 0 Å². The first-order valence-corrected chi connectivity index (χ1v) is 9.34. The minimum atomic E-state index is 0.810. The summed E-state index contributed by atoms with van der Waals surface area (Å²) >= 11 is 1.87. The maximum absolute atomic E-state index is 2.46. The lowest BCUT2D eigenvalue weighted by Crippen LogP contribution is -2.21. The van der Waals surface area contributed by atoms with Crippen LogP contribution in [0.3, 0.4) is 0 Å². The monoisotopic (exact) mass is 311 g/mol. The van der Waals surface area contributed by atoms with Crippen LogP contribution in [0.1, 0.15) is 36.8 Å². The van der Waals surface area contributed by atoms with E-state index in [0.717, 1.165) is 18.4 Å². The van der Waals surface area contributed by atoms with E-state index >= 15 is 0 Å². The first kappa shape index (κ1) is 14.5. The Balaban J connectivity index is 1.84. The fourth-order valence-electron chi connectivity index (χ4n) is 4.56. The minimum Gasteiger partial charge on any atom is -0.305 e. The molecule has 0 saturated heterocycles. The molecule has 1 aromatic carbocycles. The van der Waals surface area contributed by atoms with Crippen molar-refractivity contribution in [2.75, 3.05) is 20.6 Å². The van der Waals surface area contributed by atoms with Gasteiger partial charge >= 0.3 is 0 Å². The van der Waals surface area contributed by atoms with Gasteiger partial charge in [-0.05, 0) is 98.1 Å².